The van der Waals surface area contributed by atoms with Crippen molar-refractivity contribution in [1.82, 2.24) is 6.15 Å². The summed E-state index contributed by atoms with van der Waals surface area (Å²) in [6.07, 6.45) is 0. The largest absolute Gasteiger partial charge is 0.724 e. The number of benzene rings is 1. The van der Waals surface area contributed by atoms with Crippen LogP contribution in [0.5, 0.6) is 0 Å². The van der Waals surface area contributed by atoms with Gasteiger partial charge in [-0.05, 0) is 19.1 Å². The van der Waals surface area contributed by atoms with Crippen LogP contribution < -0.4 is 6.15 Å². The van der Waals surface area contributed by atoms with Gasteiger partial charge in [0.15, 0.2) is 0 Å². The fraction of sp³-hybridized carbons (Fsp3) is 0.143. The van der Waals surface area contributed by atoms with Gasteiger partial charge in [-0.1, -0.05) is 17.7 Å². The molecule has 0 spiro atoms. The van der Waals surface area contributed by atoms with E-state index in [4.69, 9.17) is 4.55 Å². The zero-order valence-corrected chi connectivity index (χ0v) is 15.0. The maximum Gasteiger partial charge on any atom is 0.294 e. The molecule has 0 saturated carbocycles. The molecule has 1 aromatic rings. The summed E-state index contributed by atoms with van der Waals surface area (Å²) in [6, 6.07) is 5.99. The van der Waals surface area contributed by atoms with E-state index in [2.05, 4.69) is 8.67 Å². The molecule has 0 heterocycles. The first-order chi connectivity index (χ1) is 9.21. The summed E-state index contributed by atoms with van der Waals surface area (Å²) in [5, 5.41) is 0. The van der Waals surface area contributed by atoms with Gasteiger partial charge < -0.3 is 15.3 Å². The molecule has 0 radical (unpaired) electrons. The smallest absolute Gasteiger partial charge is 0.294 e. The van der Waals surface area contributed by atoms with Gasteiger partial charge in [0.2, 0.25) is 20.8 Å². The van der Waals surface area contributed by atoms with Crippen LogP contribution in [-0.4, -0.2) is 38.9 Å². The average Bonchev–Trinajstić information content (AvgIpc) is 2.25. The summed E-state index contributed by atoms with van der Waals surface area (Å²) < 4.78 is 91.0. The van der Waals surface area contributed by atoms with E-state index >= 15 is 0 Å². The minimum Gasteiger partial charge on any atom is -0.724 e. The van der Waals surface area contributed by atoms with E-state index in [1.54, 1.807) is 12.1 Å². The summed E-state index contributed by atoms with van der Waals surface area (Å²) in [7, 11) is -14.6. The second-order valence-electron chi connectivity index (χ2n) is 3.24. The molecule has 1 aromatic carbocycles. The van der Waals surface area contributed by atoms with Crippen molar-refractivity contribution in [2.45, 2.75) is 11.8 Å². The van der Waals surface area contributed by atoms with Crippen LogP contribution in [0.2, 0.25) is 0 Å². The summed E-state index contributed by atoms with van der Waals surface area (Å²) in [5.41, 5.74) is 0.956. The zero-order valence-electron chi connectivity index (χ0n) is 11.4. The first-order valence-electron chi connectivity index (χ1n) is 4.54. The maximum atomic E-state index is 10.5. The van der Waals surface area contributed by atoms with Gasteiger partial charge in [0.05, 0.1) is 4.90 Å². The first-order valence-corrected chi connectivity index (χ1v) is 8.65. The van der Waals surface area contributed by atoms with E-state index in [0.29, 0.717) is 0 Å². The van der Waals surface area contributed by atoms with Crippen molar-refractivity contribution in [3.8, 4) is 0 Å². The second-order valence-corrected chi connectivity index (χ2v) is 6.57. The number of quaternary nitrogens is 1. The SMILES string of the molecule is Cc1ccc(S(=O)(=O)O)cc1.O=S(=O)([O-])OOS(=O)(=O)[O-].[Fe].[NH4+]. The molecule has 0 amide bonds. The normalized spacial score (nSPS) is 11.3. The number of aryl methyl sites for hydroxylation is 1. The topological polar surface area (TPSA) is 224 Å². The van der Waals surface area contributed by atoms with Gasteiger partial charge in [-0.25, -0.2) is 16.8 Å². The van der Waals surface area contributed by atoms with Gasteiger partial charge in [-0.2, -0.15) is 8.42 Å². The summed E-state index contributed by atoms with van der Waals surface area (Å²) in [4.78, 5) is -0.0666. The third-order valence-corrected chi connectivity index (χ3v) is 2.94. The van der Waals surface area contributed by atoms with Crippen LogP contribution in [0.1, 0.15) is 5.56 Å². The molecule has 0 aromatic heterocycles. The molecule has 12 nitrogen and oxygen atoms in total. The van der Waals surface area contributed by atoms with Gasteiger partial charge in [-0.15, -0.1) is 8.67 Å². The Morgan fingerprint density at radius 2 is 1.17 bits per heavy atom. The molecular formula is C7H12FeNO11S3-. The van der Waals surface area contributed by atoms with Crippen molar-refractivity contribution in [3.63, 3.8) is 0 Å². The Hall–Kier alpha value is -0.651. The minimum atomic E-state index is -5.31. The van der Waals surface area contributed by atoms with Crippen LogP contribution >= 0.6 is 0 Å². The van der Waals surface area contributed by atoms with E-state index in [1.807, 2.05) is 6.92 Å². The zero-order chi connectivity index (χ0) is 16.9. The van der Waals surface area contributed by atoms with E-state index in [-0.39, 0.29) is 28.1 Å². The third kappa shape index (κ3) is 16.0. The predicted molar refractivity (Wildman–Crippen MR) is 68.5 cm³/mol. The van der Waals surface area contributed by atoms with Crippen molar-refractivity contribution < 1.29 is 64.6 Å². The Labute approximate surface area is 143 Å². The van der Waals surface area contributed by atoms with Gasteiger partial charge in [0.25, 0.3) is 10.1 Å². The molecule has 0 aliphatic heterocycles. The van der Waals surface area contributed by atoms with Crippen LogP contribution in [0.25, 0.3) is 0 Å². The second kappa shape index (κ2) is 10.3. The molecule has 0 saturated heterocycles. The van der Waals surface area contributed by atoms with Gasteiger partial charge >= 0.3 is 0 Å². The molecule has 0 unspecified atom stereocenters. The fourth-order valence-corrected chi connectivity index (χ4v) is 1.80. The number of hydrogen-bond acceptors (Lipinski definition) is 10. The molecule has 138 valence electrons. The number of rotatable bonds is 4. The molecule has 0 aliphatic carbocycles. The average molecular weight is 438 g/mol. The summed E-state index contributed by atoms with van der Waals surface area (Å²) >= 11 is 0. The van der Waals surface area contributed by atoms with Gasteiger partial charge in [0.1, 0.15) is 0 Å². The van der Waals surface area contributed by atoms with Crippen molar-refractivity contribution in [2.24, 2.45) is 0 Å². The van der Waals surface area contributed by atoms with E-state index in [9.17, 15) is 34.4 Å². The molecule has 0 aliphatic rings. The van der Waals surface area contributed by atoms with E-state index in [1.165, 1.54) is 12.1 Å². The van der Waals surface area contributed by atoms with Gasteiger partial charge in [-0.3, -0.25) is 4.55 Å². The van der Waals surface area contributed by atoms with Crippen LogP contribution in [0.4, 0.5) is 0 Å². The molecule has 0 fully saturated rings. The standard InChI is InChI=1S/C7H8O3S.Fe.H3N.H2O8S2/c1-6-2-4-7(5-3-6)11(8,9)10;;;1-9(2,3)7-8-10(4,5)6/h2-5H,1H3,(H,8,9,10);;1H3;(H,1,2,3)(H,4,5,6)/p-1. The molecule has 0 atom stereocenters. The molecule has 16 heteroatoms. The van der Waals surface area contributed by atoms with Crippen LogP contribution in [0.3, 0.4) is 0 Å². The summed E-state index contributed by atoms with van der Waals surface area (Å²) in [6.45, 7) is 1.84. The van der Waals surface area contributed by atoms with Crippen LogP contribution in [0.15, 0.2) is 29.2 Å². The third-order valence-electron chi connectivity index (χ3n) is 1.51. The van der Waals surface area contributed by atoms with Crippen molar-refractivity contribution in [3.05, 3.63) is 29.8 Å². The Balaban J connectivity index is -0.000000322. The molecule has 23 heavy (non-hydrogen) atoms. The fourth-order valence-electron chi connectivity index (χ4n) is 0.778. The van der Waals surface area contributed by atoms with Crippen molar-refractivity contribution in [2.75, 3.05) is 0 Å². The predicted octanol–water partition coefficient (Wildman–Crippen LogP) is -0.530. The molecule has 0 bridgehead atoms. The van der Waals surface area contributed by atoms with Crippen LogP contribution in [0, 0.1) is 6.92 Å². The van der Waals surface area contributed by atoms with E-state index < -0.39 is 30.9 Å². The quantitative estimate of drug-likeness (QED) is 0.200. The molecule has 1 rings (SSSR count). The molecular weight excluding hydrogens is 426 g/mol. The Bertz CT molecular complexity index is 737. The Morgan fingerprint density at radius 1 is 0.870 bits per heavy atom. The van der Waals surface area contributed by atoms with Crippen LogP contribution in [-0.2, 0) is 56.7 Å². The van der Waals surface area contributed by atoms with Crippen molar-refractivity contribution >= 4 is 30.9 Å². The molecule has 5 N–H and O–H groups in total. The Morgan fingerprint density at radius 3 is 1.39 bits per heavy atom. The Kier molecular flexibility index (Phi) is 12.1. The van der Waals surface area contributed by atoms with Crippen molar-refractivity contribution in [1.29, 1.82) is 0 Å². The monoisotopic (exact) mass is 438 g/mol. The summed E-state index contributed by atoms with van der Waals surface area (Å²) in [5.74, 6) is 0. The minimum absolute atomic E-state index is 0. The van der Waals surface area contributed by atoms with E-state index in [0.717, 1.165) is 5.56 Å². The van der Waals surface area contributed by atoms with Gasteiger partial charge in [0, 0.05) is 17.1 Å². The maximum absolute atomic E-state index is 10.5. The number of hydrogen-bond donors (Lipinski definition) is 2. The first kappa shape index (κ1) is 27.2.